The van der Waals surface area contributed by atoms with E-state index in [1.165, 1.54) is 39.4 Å². The Bertz CT molecular complexity index is 1100. The largest absolute Gasteiger partial charge is 0.493 e. The number of nitrogens with zero attached hydrogens (tertiary/aromatic N) is 1. The minimum absolute atomic E-state index is 0.0325. The van der Waals surface area contributed by atoms with Crippen molar-refractivity contribution < 1.29 is 37.8 Å². The molecule has 0 radical (unpaired) electrons. The highest BCUT2D eigenvalue weighted by molar-refractivity contribution is 14.1. The van der Waals surface area contributed by atoms with Crippen LogP contribution in [0.15, 0.2) is 34.4 Å². The van der Waals surface area contributed by atoms with Gasteiger partial charge in [0.05, 0.1) is 24.3 Å². The molecule has 0 aliphatic carbocycles. The van der Waals surface area contributed by atoms with E-state index in [0.29, 0.717) is 14.9 Å². The number of hydrogen-bond donors (Lipinski definition) is 1. The van der Waals surface area contributed by atoms with Gasteiger partial charge in [0.25, 0.3) is 5.91 Å². The molecule has 0 atom stereocenters. The maximum atomic E-state index is 12.7. The van der Waals surface area contributed by atoms with Crippen molar-refractivity contribution in [2.24, 2.45) is 0 Å². The van der Waals surface area contributed by atoms with Gasteiger partial charge in [-0.2, -0.15) is 0 Å². The van der Waals surface area contributed by atoms with Gasteiger partial charge in [0.15, 0.2) is 11.5 Å². The minimum atomic E-state index is -0.662. The molecular formula is C20H17IN2O8. The number of rotatable bonds is 6. The Hall–Kier alpha value is -3.35. The zero-order valence-corrected chi connectivity index (χ0v) is 18.8. The maximum Gasteiger partial charge on any atom is 0.373 e. The van der Waals surface area contributed by atoms with Crippen molar-refractivity contribution in [2.45, 2.75) is 13.5 Å². The van der Waals surface area contributed by atoms with Crippen LogP contribution in [-0.2, 0) is 20.9 Å². The van der Waals surface area contributed by atoms with Crippen molar-refractivity contribution in [1.82, 2.24) is 10.2 Å². The number of benzene rings is 1. The minimum Gasteiger partial charge on any atom is -0.493 e. The molecule has 10 nitrogen and oxygen atoms in total. The van der Waals surface area contributed by atoms with Gasteiger partial charge < -0.3 is 23.9 Å². The van der Waals surface area contributed by atoms with Crippen LogP contribution in [0.1, 0.15) is 28.8 Å². The normalized spacial score (nSPS) is 14.6. The molecule has 3 rings (SSSR count). The fraction of sp³-hybridized carbons (Fsp3) is 0.200. The van der Waals surface area contributed by atoms with Gasteiger partial charge in [-0.3, -0.25) is 14.5 Å². The average molecular weight is 540 g/mol. The molecule has 1 saturated heterocycles. The first-order valence-electron chi connectivity index (χ1n) is 8.81. The zero-order chi connectivity index (χ0) is 22.7. The number of hydrogen-bond acceptors (Lipinski definition) is 8. The summed E-state index contributed by atoms with van der Waals surface area (Å²) < 4.78 is 20.9. The van der Waals surface area contributed by atoms with E-state index in [0.717, 1.165) is 4.90 Å². The number of ether oxygens (including phenoxy) is 3. The van der Waals surface area contributed by atoms with E-state index in [1.54, 1.807) is 12.1 Å². The number of urea groups is 1. The number of carbonyl (C=O) groups is 4. The number of methoxy groups -OCH3 is 2. The van der Waals surface area contributed by atoms with E-state index in [1.807, 2.05) is 22.6 Å². The molecule has 0 spiro atoms. The predicted molar refractivity (Wildman–Crippen MR) is 114 cm³/mol. The van der Waals surface area contributed by atoms with Gasteiger partial charge in [0.2, 0.25) is 5.76 Å². The molecule has 1 fully saturated rings. The molecule has 2 heterocycles. The summed E-state index contributed by atoms with van der Waals surface area (Å²) in [5.41, 5.74) is 0.594. The highest BCUT2D eigenvalue weighted by atomic mass is 127. The summed E-state index contributed by atoms with van der Waals surface area (Å²) in [5, 5.41) is 2.50. The lowest BCUT2D eigenvalue weighted by Gasteiger charge is -2.11. The molecule has 1 aromatic carbocycles. The van der Waals surface area contributed by atoms with Crippen molar-refractivity contribution in [2.75, 3.05) is 14.2 Å². The van der Waals surface area contributed by atoms with Crippen LogP contribution in [0.2, 0.25) is 0 Å². The number of amides is 3. The van der Waals surface area contributed by atoms with Gasteiger partial charge in [-0.25, -0.2) is 9.59 Å². The molecule has 1 aliphatic heterocycles. The maximum absolute atomic E-state index is 12.7. The molecule has 3 amide bonds. The van der Waals surface area contributed by atoms with Gasteiger partial charge in [-0.15, -0.1) is 0 Å². The van der Waals surface area contributed by atoms with E-state index in [-0.39, 0.29) is 29.5 Å². The van der Waals surface area contributed by atoms with Gasteiger partial charge in [0.1, 0.15) is 11.5 Å². The molecule has 1 aromatic heterocycles. The van der Waals surface area contributed by atoms with Crippen LogP contribution >= 0.6 is 22.6 Å². The Balaban J connectivity index is 1.83. The number of halogens is 1. The molecule has 31 heavy (non-hydrogen) atoms. The number of nitrogens with one attached hydrogen (secondary N) is 1. The quantitative estimate of drug-likeness (QED) is 0.195. The Kier molecular flexibility index (Phi) is 6.63. The van der Waals surface area contributed by atoms with Gasteiger partial charge in [-0.1, -0.05) is 0 Å². The van der Waals surface area contributed by atoms with Crippen LogP contribution in [0.5, 0.6) is 11.5 Å². The lowest BCUT2D eigenvalue weighted by atomic mass is 10.1. The summed E-state index contributed by atoms with van der Waals surface area (Å²) in [6.07, 6.45) is 1.48. The lowest BCUT2D eigenvalue weighted by Crippen LogP contribution is -2.30. The van der Waals surface area contributed by atoms with E-state index >= 15 is 0 Å². The Morgan fingerprint density at radius 3 is 2.61 bits per heavy atom. The van der Waals surface area contributed by atoms with Crippen LogP contribution in [0.25, 0.3) is 6.08 Å². The Labute approximate surface area is 190 Å². The standard InChI is InChI=1S/C20H17IN2O8/c1-10(24)30-17-13(21)6-11(8-16(17)28-2)7-14-18(25)23(20(27)22-14)9-12-4-5-15(31-12)19(26)29-3/h4-8H,9H2,1-3H3,(H,22,27)/b14-7-. The topological polar surface area (TPSA) is 124 Å². The first-order valence-corrected chi connectivity index (χ1v) is 9.89. The van der Waals surface area contributed by atoms with Crippen molar-refractivity contribution in [1.29, 1.82) is 0 Å². The Morgan fingerprint density at radius 2 is 1.97 bits per heavy atom. The van der Waals surface area contributed by atoms with Crippen LogP contribution in [0.3, 0.4) is 0 Å². The summed E-state index contributed by atoms with van der Waals surface area (Å²) in [7, 11) is 2.64. The summed E-state index contributed by atoms with van der Waals surface area (Å²) in [6.45, 7) is 1.12. The van der Waals surface area contributed by atoms with Crippen molar-refractivity contribution >= 4 is 52.5 Å². The van der Waals surface area contributed by atoms with E-state index in [4.69, 9.17) is 13.9 Å². The predicted octanol–water partition coefficient (Wildman–Crippen LogP) is 2.70. The lowest BCUT2D eigenvalue weighted by molar-refractivity contribution is -0.132. The van der Waals surface area contributed by atoms with Crippen LogP contribution in [-0.4, -0.2) is 43.0 Å². The van der Waals surface area contributed by atoms with E-state index in [9.17, 15) is 19.2 Å². The third kappa shape index (κ3) is 4.87. The second kappa shape index (κ2) is 9.20. The Morgan fingerprint density at radius 1 is 1.23 bits per heavy atom. The highest BCUT2D eigenvalue weighted by Crippen LogP contribution is 2.35. The zero-order valence-electron chi connectivity index (χ0n) is 16.7. The van der Waals surface area contributed by atoms with E-state index < -0.39 is 23.9 Å². The molecule has 162 valence electrons. The second-order valence-electron chi connectivity index (χ2n) is 6.26. The summed E-state index contributed by atoms with van der Waals surface area (Å²) in [4.78, 5) is 48.7. The summed E-state index contributed by atoms with van der Waals surface area (Å²) in [5.74, 6) is -0.954. The summed E-state index contributed by atoms with van der Waals surface area (Å²) in [6, 6.07) is 5.49. The molecule has 1 aliphatic rings. The molecule has 0 unspecified atom stereocenters. The van der Waals surface area contributed by atoms with Crippen molar-refractivity contribution in [3.8, 4) is 11.5 Å². The number of carbonyl (C=O) groups excluding carboxylic acids is 4. The molecule has 0 saturated carbocycles. The molecular weight excluding hydrogens is 523 g/mol. The smallest absolute Gasteiger partial charge is 0.373 e. The monoisotopic (exact) mass is 540 g/mol. The second-order valence-corrected chi connectivity index (χ2v) is 7.43. The van der Waals surface area contributed by atoms with Gasteiger partial charge in [0, 0.05) is 6.92 Å². The number of esters is 2. The molecule has 11 heteroatoms. The first-order chi connectivity index (χ1) is 14.7. The fourth-order valence-electron chi connectivity index (χ4n) is 2.78. The SMILES string of the molecule is COC(=O)c1ccc(CN2C(=O)N/C(=C\c3cc(I)c(OC(C)=O)c(OC)c3)C2=O)o1. The summed E-state index contributed by atoms with van der Waals surface area (Å²) >= 11 is 1.97. The van der Waals surface area contributed by atoms with Gasteiger partial charge in [-0.05, 0) is 58.5 Å². The van der Waals surface area contributed by atoms with Crippen LogP contribution in [0.4, 0.5) is 4.79 Å². The van der Waals surface area contributed by atoms with Crippen molar-refractivity contribution in [3.63, 3.8) is 0 Å². The average Bonchev–Trinajstić information content (AvgIpc) is 3.29. The highest BCUT2D eigenvalue weighted by Gasteiger charge is 2.34. The molecule has 0 bridgehead atoms. The van der Waals surface area contributed by atoms with Gasteiger partial charge >= 0.3 is 18.0 Å². The first kappa shape index (κ1) is 22.3. The molecule has 1 N–H and O–H groups in total. The van der Waals surface area contributed by atoms with Crippen molar-refractivity contribution in [3.05, 3.63) is 50.6 Å². The fourth-order valence-corrected chi connectivity index (χ4v) is 3.51. The van der Waals surface area contributed by atoms with Crippen LogP contribution < -0.4 is 14.8 Å². The molecule has 2 aromatic rings. The third-order valence-electron chi connectivity index (χ3n) is 4.13. The number of furan rings is 1. The number of imide groups is 1. The van der Waals surface area contributed by atoms with E-state index in [2.05, 4.69) is 10.1 Å². The van der Waals surface area contributed by atoms with Crippen LogP contribution in [0, 0.1) is 3.57 Å². The third-order valence-corrected chi connectivity index (χ3v) is 4.93.